The van der Waals surface area contributed by atoms with Gasteiger partial charge in [0, 0.05) is 31.9 Å². The van der Waals surface area contributed by atoms with Crippen LogP contribution < -0.4 is 10.6 Å². The van der Waals surface area contributed by atoms with Gasteiger partial charge in [-0.25, -0.2) is 0 Å². The van der Waals surface area contributed by atoms with Gasteiger partial charge in [0.25, 0.3) is 0 Å². The number of aliphatic hydroxyl groups is 1. The highest BCUT2D eigenvalue weighted by molar-refractivity contribution is 5.51. The molecule has 1 fully saturated rings. The van der Waals surface area contributed by atoms with Gasteiger partial charge in [-0.3, -0.25) is 4.98 Å². The maximum Gasteiger partial charge on any atom is 0.0772 e. The Balaban J connectivity index is 2.17. The lowest BCUT2D eigenvalue weighted by Gasteiger charge is -2.40. The smallest absolute Gasteiger partial charge is 0.0772 e. The van der Waals surface area contributed by atoms with Crippen molar-refractivity contribution in [2.24, 2.45) is 5.73 Å². The molecule has 1 aliphatic carbocycles. The third kappa shape index (κ3) is 2.76. The highest BCUT2D eigenvalue weighted by atomic mass is 16.3. The lowest BCUT2D eigenvalue weighted by Crippen LogP contribution is -2.41. The summed E-state index contributed by atoms with van der Waals surface area (Å²) < 4.78 is 0. The molecular weight excluding hydrogens is 214 g/mol. The maximum atomic E-state index is 8.99. The van der Waals surface area contributed by atoms with Crippen LogP contribution in [0.25, 0.3) is 0 Å². The van der Waals surface area contributed by atoms with Gasteiger partial charge in [-0.15, -0.1) is 0 Å². The summed E-state index contributed by atoms with van der Waals surface area (Å²) in [7, 11) is 0. The summed E-state index contributed by atoms with van der Waals surface area (Å²) >= 11 is 0. The van der Waals surface area contributed by atoms with E-state index in [1.54, 1.807) is 6.20 Å². The largest absolute Gasteiger partial charge is 0.396 e. The van der Waals surface area contributed by atoms with E-state index in [4.69, 9.17) is 10.8 Å². The second-order valence-corrected chi connectivity index (χ2v) is 4.53. The molecule has 3 N–H and O–H groups in total. The molecular formula is C13H21N3O. The number of hydrogen-bond acceptors (Lipinski definition) is 4. The van der Waals surface area contributed by atoms with Crippen LogP contribution in [0.2, 0.25) is 0 Å². The molecule has 0 spiro atoms. The summed E-state index contributed by atoms with van der Waals surface area (Å²) in [5, 5.41) is 8.99. The molecule has 4 heteroatoms. The predicted octanol–water partition coefficient (Wildman–Crippen LogP) is 1.28. The fourth-order valence-electron chi connectivity index (χ4n) is 2.29. The third-order valence-corrected chi connectivity index (χ3v) is 3.44. The minimum atomic E-state index is 0.238. The molecule has 0 radical (unpaired) electrons. The zero-order valence-corrected chi connectivity index (χ0v) is 10.2. The van der Waals surface area contributed by atoms with Crippen LogP contribution in [0.3, 0.4) is 0 Å². The molecule has 2 rings (SSSR count). The molecule has 0 unspecified atom stereocenters. The Labute approximate surface area is 102 Å². The lowest BCUT2D eigenvalue weighted by molar-refractivity contribution is 0.283. The number of rotatable bonds is 6. The van der Waals surface area contributed by atoms with Crippen molar-refractivity contribution in [1.29, 1.82) is 0 Å². The average Bonchev–Trinajstić information content (AvgIpc) is 2.32. The molecule has 1 aliphatic rings. The Morgan fingerprint density at radius 3 is 2.88 bits per heavy atom. The summed E-state index contributed by atoms with van der Waals surface area (Å²) in [6, 6.07) is 4.65. The predicted molar refractivity (Wildman–Crippen MR) is 68.8 cm³/mol. The van der Waals surface area contributed by atoms with Gasteiger partial charge in [0.1, 0.15) is 0 Å². The van der Waals surface area contributed by atoms with E-state index in [1.807, 2.05) is 6.07 Å². The molecule has 17 heavy (non-hydrogen) atoms. The van der Waals surface area contributed by atoms with E-state index in [2.05, 4.69) is 16.0 Å². The topological polar surface area (TPSA) is 62.4 Å². The van der Waals surface area contributed by atoms with E-state index in [-0.39, 0.29) is 6.61 Å². The summed E-state index contributed by atoms with van der Waals surface area (Å²) in [6.07, 6.45) is 6.37. The first-order chi connectivity index (χ1) is 8.36. The molecule has 0 aromatic carbocycles. The molecule has 4 nitrogen and oxygen atoms in total. The monoisotopic (exact) mass is 235 g/mol. The SMILES string of the molecule is NCc1ncccc1N(CCCO)C1CCC1. The van der Waals surface area contributed by atoms with Crippen molar-refractivity contribution >= 4 is 5.69 Å². The second-order valence-electron chi connectivity index (χ2n) is 4.53. The highest BCUT2D eigenvalue weighted by Gasteiger charge is 2.26. The van der Waals surface area contributed by atoms with Gasteiger partial charge in [-0.05, 0) is 37.8 Å². The molecule has 0 amide bonds. The maximum absolute atomic E-state index is 8.99. The minimum absolute atomic E-state index is 0.238. The van der Waals surface area contributed by atoms with E-state index >= 15 is 0 Å². The zero-order valence-electron chi connectivity index (χ0n) is 10.2. The number of aliphatic hydroxyl groups excluding tert-OH is 1. The Morgan fingerprint density at radius 1 is 1.47 bits per heavy atom. The molecule has 0 bridgehead atoms. The Morgan fingerprint density at radius 2 is 2.29 bits per heavy atom. The first-order valence-corrected chi connectivity index (χ1v) is 6.38. The van der Waals surface area contributed by atoms with Crippen LogP contribution in [0.4, 0.5) is 5.69 Å². The Kier molecular flexibility index (Phi) is 4.34. The first kappa shape index (κ1) is 12.3. The van der Waals surface area contributed by atoms with Crippen molar-refractivity contribution in [3.05, 3.63) is 24.0 Å². The summed E-state index contributed by atoms with van der Waals surface area (Å²) in [4.78, 5) is 6.71. The van der Waals surface area contributed by atoms with E-state index < -0.39 is 0 Å². The summed E-state index contributed by atoms with van der Waals surface area (Å²) in [5.74, 6) is 0. The van der Waals surface area contributed by atoms with Gasteiger partial charge in [0.05, 0.1) is 11.4 Å². The van der Waals surface area contributed by atoms with Crippen LogP contribution in [0.5, 0.6) is 0 Å². The highest BCUT2D eigenvalue weighted by Crippen LogP contribution is 2.30. The quantitative estimate of drug-likeness (QED) is 0.779. The van der Waals surface area contributed by atoms with Crippen molar-refractivity contribution < 1.29 is 5.11 Å². The van der Waals surface area contributed by atoms with Crippen LogP contribution in [0.1, 0.15) is 31.4 Å². The molecule has 1 saturated carbocycles. The van der Waals surface area contributed by atoms with Crippen LogP contribution in [-0.2, 0) is 6.54 Å². The molecule has 94 valence electrons. The number of nitrogens with zero attached hydrogens (tertiary/aromatic N) is 2. The van der Waals surface area contributed by atoms with Gasteiger partial charge in [-0.1, -0.05) is 0 Å². The van der Waals surface area contributed by atoms with Crippen molar-refractivity contribution in [3.63, 3.8) is 0 Å². The fourth-order valence-corrected chi connectivity index (χ4v) is 2.29. The van der Waals surface area contributed by atoms with Gasteiger partial charge in [0.15, 0.2) is 0 Å². The minimum Gasteiger partial charge on any atom is -0.396 e. The molecule has 1 aromatic heterocycles. The van der Waals surface area contributed by atoms with E-state index in [0.29, 0.717) is 12.6 Å². The van der Waals surface area contributed by atoms with Crippen LogP contribution in [-0.4, -0.2) is 29.3 Å². The van der Waals surface area contributed by atoms with E-state index in [9.17, 15) is 0 Å². The second kappa shape index (κ2) is 5.98. The molecule has 0 atom stereocenters. The number of aromatic nitrogens is 1. The summed E-state index contributed by atoms with van der Waals surface area (Å²) in [5.41, 5.74) is 7.84. The Hall–Kier alpha value is -1.13. The average molecular weight is 235 g/mol. The third-order valence-electron chi connectivity index (χ3n) is 3.44. The van der Waals surface area contributed by atoms with Crippen molar-refractivity contribution in [2.45, 2.75) is 38.3 Å². The molecule has 0 aliphatic heterocycles. The molecule has 1 heterocycles. The number of nitrogens with two attached hydrogens (primary N) is 1. The van der Waals surface area contributed by atoms with Crippen molar-refractivity contribution in [3.8, 4) is 0 Å². The van der Waals surface area contributed by atoms with E-state index in [1.165, 1.54) is 19.3 Å². The normalized spacial score (nSPS) is 15.6. The first-order valence-electron chi connectivity index (χ1n) is 6.38. The molecule has 1 aromatic rings. The van der Waals surface area contributed by atoms with Crippen LogP contribution >= 0.6 is 0 Å². The van der Waals surface area contributed by atoms with Crippen molar-refractivity contribution in [2.75, 3.05) is 18.1 Å². The lowest BCUT2D eigenvalue weighted by atomic mass is 9.90. The summed E-state index contributed by atoms with van der Waals surface area (Å²) in [6.45, 7) is 1.60. The molecule has 0 saturated heterocycles. The fraction of sp³-hybridized carbons (Fsp3) is 0.615. The number of hydrogen-bond donors (Lipinski definition) is 2. The zero-order chi connectivity index (χ0) is 12.1. The van der Waals surface area contributed by atoms with E-state index in [0.717, 1.165) is 24.3 Å². The van der Waals surface area contributed by atoms with Gasteiger partial charge in [0.2, 0.25) is 0 Å². The van der Waals surface area contributed by atoms with Gasteiger partial charge in [-0.2, -0.15) is 0 Å². The van der Waals surface area contributed by atoms with Crippen LogP contribution in [0, 0.1) is 0 Å². The Bertz CT molecular complexity index is 352. The van der Waals surface area contributed by atoms with Crippen LogP contribution in [0.15, 0.2) is 18.3 Å². The van der Waals surface area contributed by atoms with Crippen molar-refractivity contribution in [1.82, 2.24) is 4.98 Å². The number of pyridine rings is 1. The number of anilines is 1. The standard InChI is InChI=1S/C13H21N3O/c14-10-12-13(6-2-7-15-12)16(8-3-9-17)11-4-1-5-11/h2,6-7,11,17H,1,3-5,8-10,14H2. The van der Waals surface area contributed by atoms with Gasteiger partial charge < -0.3 is 15.7 Å². The van der Waals surface area contributed by atoms with Gasteiger partial charge >= 0.3 is 0 Å².